The van der Waals surface area contributed by atoms with Gasteiger partial charge in [-0.3, -0.25) is 0 Å². The second-order valence-corrected chi connectivity index (χ2v) is 6.40. The molecule has 0 unspecified atom stereocenters. The molecule has 0 spiro atoms. The van der Waals surface area contributed by atoms with Crippen molar-refractivity contribution in [3.8, 4) is 11.4 Å². The van der Waals surface area contributed by atoms with Crippen molar-refractivity contribution in [2.75, 3.05) is 11.9 Å². The van der Waals surface area contributed by atoms with Crippen molar-refractivity contribution >= 4 is 43.3 Å². The smallest absolute Gasteiger partial charge is 0.166 e. The molecule has 0 fully saturated rings. The summed E-state index contributed by atoms with van der Waals surface area (Å²) in [6.07, 6.45) is 0.998. The maximum atomic E-state index is 14.1. The molecular formula is C15H13BrFN3S. The molecule has 3 aromatic rings. The highest BCUT2D eigenvalue weighted by atomic mass is 79.9. The Labute approximate surface area is 134 Å². The standard InChI is InChI=1S/C15H13BrFN3S/c1-2-6-18-13-11-5-7-21-15(11)20-14(19-13)10-4-3-9(16)8-12(10)17/h3-5,7-8H,2,6H2,1H3,(H,18,19,20). The third-order valence-corrected chi connectivity index (χ3v) is 4.34. The van der Waals surface area contributed by atoms with Crippen LogP contribution in [0.15, 0.2) is 34.1 Å². The minimum absolute atomic E-state index is 0.332. The van der Waals surface area contributed by atoms with E-state index in [0.717, 1.165) is 29.0 Å². The number of nitrogens with one attached hydrogen (secondary N) is 1. The van der Waals surface area contributed by atoms with Crippen LogP contribution in [0.4, 0.5) is 10.2 Å². The summed E-state index contributed by atoms with van der Waals surface area (Å²) in [6.45, 7) is 2.92. The van der Waals surface area contributed by atoms with Crippen LogP contribution in [0.1, 0.15) is 13.3 Å². The Morgan fingerprint density at radius 1 is 1.29 bits per heavy atom. The number of hydrogen-bond donors (Lipinski definition) is 1. The Balaban J connectivity index is 2.13. The molecule has 0 aliphatic carbocycles. The highest BCUT2D eigenvalue weighted by Gasteiger charge is 2.13. The molecule has 1 N–H and O–H groups in total. The molecule has 1 aromatic carbocycles. The Morgan fingerprint density at radius 3 is 2.90 bits per heavy atom. The lowest BCUT2D eigenvalue weighted by molar-refractivity contribution is 0.629. The van der Waals surface area contributed by atoms with Crippen LogP contribution in [0, 0.1) is 5.82 Å². The second-order valence-electron chi connectivity index (χ2n) is 4.59. The summed E-state index contributed by atoms with van der Waals surface area (Å²) < 4.78 is 14.8. The van der Waals surface area contributed by atoms with E-state index in [2.05, 4.69) is 38.1 Å². The van der Waals surface area contributed by atoms with Crippen molar-refractivity contribution in [1.82, 2.24) is 9.97 Å². The predicted molar refractivity (Wildman–Crippen MR) is 89.3 cm³/mol. The van der Waals surface area contributed by atoms with Gasteiger partial charge in [0.05, 0.1) is 10.9 Å². The van der Waals surface area contributed by atoms with Crippen molar-refractivity contribution in [2.45, 2.75) is 13.3 Å². The number of benzene rings is 1. The third-order valence-electron chi connectivity index (χ3n) is 3.04. The average molecular weight is 366 g/mol. The summed E-state index contributed by atoms with van der Waals surface area (Å²) >= 11 is 4.79. The molecule has 0 atom stereocenters. The van der Waals surface area contributed by atoms with Crippen LogP contribution in [0.3, 0.4) is 0 Å². The van der Waals surface area contributed by atoms with Crippen LogP contribution in [0.5, 0.6) is 0 Å². The number of hydrogen-bond acceptors (Lipinski definition) is 4. The van der Waals surface area contributed by atoms with Gasteiger partial charge in [0, 0.05) is 11.0 Å². The zero-order chi connectivity index (χ0) is 14.8. The molecule has 6 heteroatoms. The first-order valence-corrected chi connectivity index (χ1v) is 8.31. The molecule has 0 amide bonds. The van der Waals surface area contributed by atoms with Gasteiger partial charge < -0.3 is 5.32 Å². The molecule has 0 saturated heterocycles. The fourth-order valence-corrected chi connectivity index (χ4v) is 3.12. The van der Waals surface area contributed by atoms with Gasteiger partial charge in [-0.05, 0) is 36.1 Å². The van der Waals surface area contributed by atoms with E-state index >= 15 is 0 Å². The van der Waals surface area contributed by atoms with Gasteiger partial charge in [-0.25, -0.2) is 14.4 Å². The van der Waals surface area contributed by atoms with Crippen LogP contribution < -0.4 is 5.32 Å². The molecule has 0 saturated carbocycles. The lowest BCUT2D eigenvalue weighted by Gasteiger charge is -2.08. The molecule has 0 aliphatic rings. The van der Waals surface area contributed by atoms with E-state index in [0.29, 0.717) is 15.9 Å². The zero-order valence-electron chi connectivity index (χ0n) is 11.4. The molecule has 21 heavy (non-hydrogen) atoms. The SMILES string of the molecule is CCCNc1nc(-c2ccc(Br)cc2F)nc2sccc12. The molecule has 3 rings (SSSR count). The number of aromatic nitrogens is 2. The van der Waals surface area contributed by atoms with Crippen LogP contribution in [-0.2, 0) is 0 Å². The van der Waals surface area contributed by atoms with E-state index in [4.69, 9.17) is 0 Å². The first-order chi connectivity index (χ1) is 10.2. The van der Waals surface area contributed by atoms with Crippen LogP contribution >= 0.6 is 27.3 Å². The summed E-state index contributed by atoms with van der Waals surface area (Å²) in [5, 5.41) is 6.24. The first-order valence-electron chi connectivity index (χ1n) is 6.63. The Hall–Kier alpha value is -1.53. The van der Waals surface area contributed by atoms with Crippen molar-refractivity contribution < 1.29 is 4.39 Å². The van der Waals surface area contributed by atoms with E-state index in [1.54, 1.807) is 12.1 Å². The van der Waals surface area contributed by atoms with Crippen molar-refractivity contribution in [1.29, 1.82) is 0 Å². The molecule has 0 aliphatic heterocycles. The first kappa shape index (κ1) is 14.4. The van der Waals surface area contributed by atoms with Crippen LogP contribution in [0.2, 0.25) is 0 Å². The Kier molecular flexibility index (Phi) is 4.17. The summed E-state index contributed by atoms with van der Waals surface area (Å²) in [5.41, 5.74) is 0.410. The van der Waals surface area contributed by atoms with E-state index in [-0.39, 0.29) is 5.82 Å². The predicted octanol–water partition coefficient (Wildman–Crippen LogP) is 5.08. The van der Waals surface area contributed by atoms with Crippen molar-refractivity contribution in [3.63, 3.8) is 0 Å². The lowest BCUT2D eigenvalue weighted by atomic mass is 10.2. The molecule has 3 nitrogen and oxygen atoms in total. The monoisotopic (exact) mass is 365 g/mol. The molecule has 108 valence electrons. The van der Waals surface area contributed by atoms with Crippen LogP contribution in [0.25, 0.3) is 21.6 Å². The highest BCUT2D eigenvalue weighted by Crippen LogP contribution is 2.30. The molecular weight excluding hydrogens is 353 g/mol. The highest BCUT2D eigenvalue weighted by molar-refractivity contribution is 9.10. The van der Waals surface area contributed by atoms with Crippen molar-refractivity contribution in [3.05, 3.63) is 39.9 Å². The summed E-state index contributed by atoms with van der Waals surface area (Å²) in [4.78, 5) is 9.84. The molecule has 2 heterocycles. The Bertz CT molecular complexity index is 788. The Morgan fingerprint density at radius 2 is 2.14 bits per heavy atom. The number of nitrogens with zero attached hydrogens (tertiary/aromatic N) is 2. The van der Waals surface area contributed by atoms with Gasteiger partial charge in [-0.15, -0.1) is 11.3 Å². The fourth-order valence-electron chi connectivity index (χ4n) is 2.02. The summed E-state index contributed by atoms with van der Waals surface area (Å²) in [7, 11) is 0. The minimum atomic E-state index is -0.332. The topological polar surface area (TPSA) is 37.8 Å². The summed E-state index contributed by atoms with van der Waals surface area (Å²) in [5.74, 6) is 0.843. The largest absolute Gasteiger partial charge is 0.369 e. The second kappa shape index (κ2) is 6.07. The maximum absolute atomic E-state index is 14.1. The van der Waals surface area contributed by atoms with Gasteiger partial charge in [0.25, 0.3) is 0 Å². The van der Waals surface area contributed by atoms with Gasteiger partial charge in [0.1, 0.15) is 16.5 Å². The molecule has 0 radical (unpaired) electrons. The fraction of sp³-hybridized carbons (Fsp3) is 0.200. The van der Waals surface area contributed by atoms with Crippen LogP contribution in [-0.4, -0.2) is 16.5 Å². The molecule has 2 aromatic heterocycles. The van der Waals surface area contributed by atoms with Gasteiger partial charge in [0.2, 0.25) is 0 Å². The maximum Gasteiger partial charge on any atom is 0.166 e. The van der Waals surface area contributed by atoms with Gasteiger partial charge in [-0.2, -0.15) is 0 Å². The van der Waals surface area contributed by atoms with Gasteiger partial charge in [-0.1, -0.05) is 22.9 Å². The third kappa shape index (κ3) is 2.91. The van der Waals surface area contributed by atoms with E-state index in [1.807, 2.05) is 11.4 Å². The normalized spacial score (nSPS) is 11.0. The number of halogens is 2. The van der Waals surface area contributed by atoms with E-state index < -0.39 is 0 Å². The zero-order valence-corrected chi connectivity index (χ0v) is 13.8. The van der Waals surface area contributed by atoms with E-state index in [1.165, 1.54) is 17.4 Å². The lowest BCUT2D eigenvalue weighted by Crippen LogP contribution is -2.04. The number of fused-ring (bicyclic) bond motifs is 1. The molecule has 0 bridgehead atoms. The van der Waals surface area contributed by atoms with Gasteiger partial charge >= 0.3 is 0 Å². The number of rotatable bonds is 4. The van der Waals surface area contributed by atoms with Gasteiger partial charge in [0.15, 0.2) is 5.82 Å². The quantitative estimate of drug-likeness (QED) is 0.700. The summed E-state index contributed by atoms with van der Waals surface area (Å²) in [6, 6.07) is 6.90. The number of thiophene rings is 1. The average Bonchev–Trinajstić information content (AvgIpc) is 2.93. The number of anilines is 1. The van der Waals surface area contributed by atoms with E-state index in [9.17, 15) is 4.39 Å². The minimum Gasteiger partial charge on any atom is -0.369 e. The van der Waals surface area contributed by atoms with Crippen molar-refractivity contribution in [2.24, 2.45) is 0 Å².